The van der Waals surface area contributed by atoms with Gasteiger partial charge in [-0.3, -0.25) is 10.3 Å². The van der Waals surface area contributed by atoms with Crippen LogP contribution in [0.1, 0.15) is 25.0 Å². The molecule has 1 heterocycles. The molecule has 0 saturated carbocycles. The molecule has 0 radical (unpaired) electrons. The molecule has 3 N–H and O–H groups in total. The Hall–Kier alpha value is -1.35. The summed E-state index contributed by atoms with van der Waals surface area (Å²) in [7, 11) is 0. The van der Waals surface area contributed by atoms with Gasteiger partial charge < -0.3 is 5.73 Å². The second kappa shape index (κ2) is 4.88. The van der Waals surface area contributed by atoms with Gasteiger partial charge in [0.05, 0.1) is 0 Å². The monoisotopic (exact) mass is 231 g/mol. The summed E-state index contributed by atoms with van der Waals surface area (Å²) in [5.74, 6) is 1.69. The lowest BCUT2D eigenvalue weighted by Gasteiger charge is -2.17. The van der Waals surface area contributed by atoms with Gasteiger partial charge in [-0.05, 0) is 17.4 Å². The quantitative estimate of drug-likeness (QED) is 0.618. The molecule has 92 valence electrons. The molecular weight excluding hydrogens is 210 g/mol. The zero-order chi connectivity index (χ0) is 12.4. The average Bonchev–Trinajstić information content (AvgIpc) is 2.58. The second-order valence-corrected chi connectivity index (χ2v) is 5.22. The van der Waals surface area contributed by atoms with Crippen molar-refractivity contribution in [2.24, 2.45) is 17.6 Å². The molecule has 2 unspecified atom stereocenters. The van der Waals surface area contributed by atoms with E-state index in [4.69, 9.17) is 11.1 Å². The van der Waals surface area contributed by atoms with Gasteiger partial charge in [-0.1, -0.05) is 38.1 Å². The van der Waals surface area contributed by atoms with Gasteiger partial charge in [0, 0.05) is 25.2 Å². The third kappa shape index (κ3) is 2.67. The molecule has 1 aromatic rings. The van der Waals surface area contributed by atoms with E-state index in [-0.39, 0.29) is 5.84 Å². The van der Waals surface area contributed by atoms with Gasteiger partial charge in [0.1, 0.15) is 5.84 Å². The highest BCUT2D eigenvalue weighted by atomic mass is 15.1. The van der Waals surface area contributed by atoms with E-state index < -0.39 is 0 Å². The minimum Gasteiger partial charge on any atom is -0.384 e. The number of nitrogens with two attached hydrogens (primary N) is 1. The van der Waals surface area contributed by atoms with Crippen LogP contribution in [0, 0.1) is 17.2 Å². The fourth-order valence-electron chi connectivity index (χ4n) is 2.54. The third-order valence-corrected chi connectivity index (χ3v) is 3.77. The molecule has 3 heteroatoms. The Morgan fingerprint density at radius 3 is 2.47 bits per heavy atom. The first-order valence-corrected chi connectivity index (χ1v) is 6.22. The van der Waals surface area contributed by atoms with Crippen LogP contribution in [-0.2, 0) is 6.54 Å². The molecular formula is C14H21N3. The van der Waals surface area contributed by atoms with Crippen LogP contribution in [0.2, 0.25) is 0 Å². The van der Waals surface area contributed by atoms with E-state index in [1.807, 2.05) is 18.2 Å². The van der Waals surface area contributed by atoms with Crippen LogP contribution in [0.4, 0.5) is 0 Å². The first-order chi connectivity index (χ1) is 8.08. The molecule has 3 nitrogen and oxygen atoms in total. The number of amidine groups is 1. The summed E-state index contributed by atoms with van der Waals surface area (Å²) < 4.78 is 0. The SMILES string of the molecule is CC1CN(Cc2ccccc2C(=N)N)CC1C. The summed E-state index contributed by atoms with van der Waals surface area (Å²) in [6.07, 6.45) is 0. The van der Waals surface area contributed by atoms with Gasteiger partial charge in [0.15, 0.2) is 0 Å². The first-order valence-electron chi connectivity index (χ1n) is 6.22. The van der Waals surface area contributed by atoms with E-state index in [2.05, 4.69) is 24.8 Å². The first kappa shape index (κ1) is 12.1. The number of nitrogens with one attached hydrogen (secondary N) is 1. The van der Waals surface area contributed by atoms with Gasteiger partial charge in [0.2, 0.25) is 0 Å². The standard InChI is InChI=1S/C14H21N3/c1-10-7-17(8-11(10)2)9-12-5-3-4-6-13(12)14(15)16/h3-6,10-11H,7-9H2,1-2H3,(H3,15,16). The fourth-order valence-corrected chi connectivity index (χ4v) is 2.54. The molecule has 0 bridgehead atoms. The maximum absolute atomic E-state index is 7.59. The van der Waals surface area contributed by atoms with Crippen LogP contribution in [0.25, 0.3) is 0 Å². The zero-order valence-corrected chi connectivity index (χ0v) is 10.6. The molecule has 1 saturated heterocycles. The smallest absolute Gasteiger partial charge is 0.123 e. The molecule has 0 aromatic heterocycles. The Morgan fingerprint density at radius 2 is 1.88 bits per heavy atom. The predicted molar refractivity (Wildman–Crippen MR) is 71.1 cm³/mol. The molecule has 1 fully saturated rings. The van der Waals surface area contributed by atoms with Crippen molar-refractivity contribution in [1.29, 1.82) is 5.41 Å². The molecule has 2 rings (SSSR count). The summed E-state index contributed by atoms with van der Waals surface area (Å²) in [5, 5.41) is 7.59. The fraction of sp³-hybridized carbons (Fsp3) is 0.500. The van der Waals surface area contributed by atoms with Crippen LogP contribution in [-0.4, -0.2) is 23.8 Å². The van der Waals surface area contributed by atoms with Crippen molar-refractivity contribution in [2.75, 3.05) is 13.1 Å². The van der Waals surface area contributed by atoms with Crippen LogP contribution in [0.3, 0.4) is 0 Å². The van der Waals surface area contributed by atoms with E-state index in [0.29, 0.717) is 0 Å². The molecule has 0 spiro atoms. The lowest BCUT2D eigenvalue weighted by Crippen LogP contribution is -2.23. The topological polar surface area (TPSA) is 53.1 Å². The second-order valence-electron chi connectivity index (χ2n) is 5.22. The van der Waals surface area contributed by atoms with Crippen molar-refractivity contribution >= 4 is 5.84 Å². The predicted octanol–water partition coefficient (Wildman–Crippen LogP) is 2.06. The third-order valence-electron chi connectivity index (χ3n) is 3.77. The Morgan fingerprint density at radius 1 is 1.29 bits per heavy atom. The lowest BCUT2D eigenvalue weighted by atomic mass is 10.0. The summed E-state index contributed by atoms with van der Waals surface area (Å²) in [4.78, 5) is 2.46. The van der Waals surface area contributed by atoms with Gasteiger partial charge in [-0.25, -0.2) is 0 Å². The Labute approximate surface area is 103 Å². The minimum absolute atomic E-state index is 0.167. The summed E-state index contributed by atoms with van der Waals surface area (Å²) >= 11 is 0. The Kier molecular flexibility index (Phi) is 3.48. The van der Waals surface area contributed by atoms with E-state index in [1.54, 1.807) is 0 Å². The van der Waals surface area contributed by atoms with Crippen molar-refractivity contribution in [3.05, 3.63) is 35.4 Å². The molecule has 1 aliphatic heterocycles. The largest absolute Gasteiger partial charge is 0.384 e. The van der Waals surface area contributed by atoms with Crippen LogP contribution in [0.5, 0.6) is 0 Å². The number of likely N-dealkylation sites (tertiary alicyclic amines) is 1. The van der Waals surface area contributed by atoms with E-state index >= 15 is 0 Å². The summed E-state index contributed by atoms with van der Waals surface area (Å²) in [5.41, 5.74) is 7.65. The maximum atomic E-state index is 7.59. The van der Waals surface area contributed by atoms with Gasteiger partial charge >= 0.3 is 0 Å². The number of rotatable bonds is 3. The van der Waals surface area contributed by atoms with Gasteiger partial charge in [-0.2, -0.15) is 0 Å². The van der Waals surface area contributed by atoms with Crippen LogP contribution >= 0.6 is 0 Å². The highest BCUT2D eigenvalue weighted by Crippen LogP contribution is 2.24. The molecule has 0 aliphatic carbocycles. The van der Waals surface area contributed by atoms with E-state index in [0.717, 1.165) is 37.0 Å². The molecule has 2 atom stereocenters. The molecule has 1 aromatic carbocycles. The number of hydrogen-bond donors (Lipinski definition) is 2. The van der Waals surface area contributed by atoms with Crippen molar-refractivity contribution in [3.63, 3.8) is 0 Å². The van der Waals surface area contributed by atoms with Crippen molar-refractivity contribution in [1.82, 2.24) is 4.90 Å². The zero-order valence-electron chi connectivity index (χ0n) is 10.6. The van der Waals surface area contributed by atoms with Crippen LogP contribution < -0.4 is 5.73 Å². The molecule has 1 aliphatic rings. The molecule has 17 heavy (non-hydrogen) atoms. The number of nitrogens with zero attached hydrogens (tertiary/aromatic N) is 1. The van der Waals surface area contributed by atoms with Gasteiger partial charge in [0.25, 0.3) is 0 Å². The van der Waals surface area contributed by atoms with Crippen molar-refractivity contribution in [3.8, 4) is 0 Å². The normalized spacial score (nSPS) is 25.1. The number of hydrogen-bond acceptors (Lipinski definition) is 2. The average molecular weight is 231 g/mol. The van der Waals surface area contributed by atoms with Crippen LogP contribution in [0.15, 0.2) is 24.3 Å². The van der Waals surface area contributed by atoms with E-state index in [1.165, 1.54) is 5.56 Å². The van der Waals surface area contributed by atoms with Gasteiger partial charge in [-0.15, -0.1) is 0 Å². The highest BCUT2D eigenvalue weighted by molar-refractivity contribution is 5.96. The van der Waals surface area contributed by atoms with E-state index in [9.17, 15) is 0 Å². The Balaban J connectivity index is 2.11. The summed E-state index contributed by atoms with van der Waals surface area (Å²) in [6, 6.07) is 7.96. The molecule has 0 amide bonds. The van der Waals surface area contributed by atoms with Crippen molar-refractivity contribution in [2.45, 2.75) is 20.4 Å². The number of nitrogen functional groups attached to an aromatic ring is 1. The minimum atomic E-state index is 0.167. The Bertz CT molecular complexity index is 404. The maximum Gasteiger partial charge on any atom is 0.123 e. The van der Waals surface area contributed by atoms with Crippen molar-refractivity contribution < 1.29 is 0 Å². The summed E-state index contributed by atoms with van der Waals surface area (Å²) in [6.45, 7) is 7.81. The number of benzene rings is 1. The highest BCUT2D eigenvalue weighted by Gasteiger charge is 2.26. The lowest BCUT2D eigenvalue weighted by molar-refractivity contribution is 0.316.